The van der Waals surface area contributed by atoms with Gasteiger partial charge in [0.2, 0.25) is 0 Å². The Balaban J connectivity index is 3.46. The van der Waals surface area contributed by atoms with E-state index in [9.17, 15) is 0 Å². The lowest BCUT2D eigenvalue weighted by molar-refractivity contribution is 0.146. The van der Waals surface area contributed by atoms with E-state index in [1.807, 2.05) is 6.92 Å². The minimum atomic E-state index is 0.0492. The maximum atomic E-state index is 8.87. The average molecular weight is 145 g/mol. The molecule has 2 nitrogen and oxygen atoms in total. The molecule has 0 aliphatic rings. The molecule has 0 saturated heterocycles. The molecule has 0 radical (unpaired) electrons. The van der Waals surface area contributed by atoms with Gasteiger partial charge in [0.05, 0.1) is 0 Å². The Kier molecular flexibility index (Phi) is 3.91. The van der Waals surface area contributed by atoms with Crippen LogP contribution in [-0.2, 0) is 0 Å². The molecule has 0 amide bonds. The van der Waals surface area contributed by atoms with Gasteiger partial charge in [-0.1, -0.05) is 13.8 Å². The molecule has 0 aromatic rings. The van der Waals surface area contributed by atoms with Crippen LogP contribution in [0.3, 0.4) is 0 Å². The first-order valence-corrected chi connectivity index (χ1v) is 3.84. The molecular weight excluding hydrogens is 126 g/mol. The Morgan fingerprint density at radius 3 is 2.30 bits per heavy atom. The summed E-state index contributed by atoms with van der Waals surface area (Å²) in [5.41, 5.74) is 5.62. The van der Waals surface area contributed by atoms with Crippen molar-refractivity contribution in [3.63, 3.8) is 0 Å². The highest BCUT2D eigenvalue weighted by Crippen LogP contribution is 2.21. The Morgan fingerprint density at radius 1 is 1.50 bits per heavy atom. The van der Waals surface area contributed by atoms with Crippen molar-refractivity contribution in [1.29, 1.82) is 0 Å². The van der Waals surface area contributed by atoms with Gasteiger partial charge in [-0.3, -0.25) is 0 Å². The zero-order chi connectivity index (χ0) is 8.20. The monoisotopic (exact) mass is 145 g/mol. The number of nitrogens with two attached hydrogens (primary N) is 1. The van der Waals surface area contributed by atoms with Gasteiger partial charge in [-0.25, -0.2) is 0 Å². The predicted octanol–water partition coefficient (Wildman–Crippen LogP) is 1.13. The Morgan fingerprint density at radius 2 is 2.00 bits per heavy atom. The third-order valence-corrected chi connectivity index (χ3v) is 1.70. The summed E-state index contributed by atoms with van der Waals surface area (Å²) in [5.74, 6) is 0. The van der Waals surface area contributed by atoms with Gasteiger partial charge in [-0.05, 0) is 25.2 Å². The molecule has 1 atom stereocenters. The third-order valence-electron chi connectivity index (χ3n) is 1.70. The first-order valence-electron chi connectivity index (χ1n) is 3.84. The fourth-order valence-electron chi connectivity index (χ4n) is 0.697. The summed E-state index contributed by atoms with van der Waals surface area (Å²) in [7, 11) is 0. The van der Waals surface area contributed by atoms with E-state index in [-0.39, 0.29) is 18.1 Å². The quantitative estimate of drug-likeness (QED) is 0.623. The zero-order valence-electron chi connectivity index (χ0n) is 7.22. The van der Waals surface area contributed by atoms with Crippen LogP contribution in [0.1, 0.15) is 33.6 Å². The molecule has 0 aromatic heterocycles. The largest absolute Gasteiger partial charge is 0.396 e. The third kappa shape index (κ3) is 4.77. The molecule has 62 valence electrons. The van der Waals surface area contributed by atoms with Crippen LogP contribution in [0.15, 0.2) is 0 Å². The van der Waals surface area contributed by atoms with Crippen LogP contribution in [0, 0.1) is 5.41 Å². The van der Waals surface area contributed by atoms with Crippen molar-refractivity contribution >= 4 is 0 Å². The molecule has 0 aliphatic heterocycles. The average Bonchev–Trinajstić information content (AvgIpc) is 1.85. The number of rotatable bonds is 4. The van der Waals surface area contributed by atoms with Crippen LogP contribution in [-0.4, -0.2) is 17.8 Å². The minimum absolute atomic E-state index is 0.0492. The lowest BCUT2D eigenvalue weighted by Gasteiger charge is -2.22. The van der Waals surface area contributed by atoms with Gasteiger partial charge < -0.3 is 10.8 Å². The maximum Gasteiger partial charge on any atom is 0.0482 e. The lowest BCUT2D eigenvalue weighted by atomic mass is 9.88. The molecule has 0 spiro atoms. The van der Waals surface area contributed by atoms with Gasteiger partial charge in [-0.15, -0.1) is 0 Å². The van der Waals surface area contributed by atoms with Crippen LogP contribution >= 0.6 is 0 Å². The normalized spacial score (nSPS) is 15.3. The van der Waals surface area contributed by atoms with E-state index in [0.717, 1.165) is 12.8 Å². The van der Waals surface area contributed by atoms with Crippen molar-refractivity contribution in [2.24, 2.45) is 11.1 Å². The molecule has 0 saturated carbocycles. The van der Waals surface area contributed by atoms with E-state index in [1.54, 1.807) is 0 Å². The summed E-state index contributed by atoms with van der Waals surface area (Å²) in [6, 6.07) is 0.255. The summed E-state index contributed by atoms with van der Waals surface area (Å²) >= 11 is 0. The summed E-state index contributed by atoms with van der Waals surface area (Å²) in [6.07, 6.45) is 1.99. The number of hydrogen-bond donors (Lipinski definition) is 2. The standard InChI is InChI=1S/C8H19NO/c1-7(9)4-5-8(2,3)6-10/h7,10H,4-6,9H2,1-3H3/t7-/m1/s1. The van der Waals surface area contributed by atoms with E-state index in [1.165, 1.54) is 0 Å². The molecule has 0 heterocycles. The molecule has 0 fully saturated rings. The molecule has 0 aromatic carbocycles. The minimum Gasteiger partial charge on any atom is -0.396 e. The van der Waals surface area contributed by atoms with Crippen molar-refractivity contribution in [1.82, 2.24) is 0 Å². The maximum absolute atomic E-state index is 8.87. The first kappa shape index (κ1) is 9.92. The van der Waals surface area contributed by atoms with Crippen LogP contribution in [0.5, 0.6) is 0 Å². The van der Waals surface area contributed by atoms with E-state index in [4.69, 9.17) is 10.8 Å². The van der Waals surface area contributed by atoms with Crippen LogP contribution < -0.4 is 5.73 Å². The van der Waals surface area contributed by atoms with Crippen molar-refractivity contribution in [3.8, 4) is 0 Å². The predicted molar refractivity (Wildman–Crippen MR) is 43.8 cm³/mol. The number of hydrogen-bond acceptors (Lipinski definition) is 2. The zero-order valence-corrected chi connectivity index (χ0v) is 7.22. The Bertz CT molecular complexity index is 89.3. The molecule has 2 heteroatoms. The van der Waals surface area contributed by atoms with Crippen LogP contribution in [0.25, 0.3) is 0 Å². The first-order chi connectivity index (χ1) is 4.48. The van der Waals surface area contributed by atoms with E-state index in [2.05, 4.69) is 13.8 Å². The Labute approximate surface area is 63.4 Å². The second kappa shape index (κ2) is 3.94. The van der Waals surface area contributed by atoms with Gasteiger partial charge in [0.1, 0.15) is 0 Å². The van der Waals surface area contributed by atoms with Crippen molar-refractivity contribution in [3.05, 3.63) is 0 Å². The fourth-order valence-corrected chi connectivity index (χ4v) is 0.697. The number of aliphatic hydroxyl groups is 1. The summed E-state index contributed by atoms with van der Waals surface area (Å²) < 4.78 is 0. The van der Waals surface area contributed by atoms with Crippen LogP contribution in [0.2, 0.25) is 0 Å². The highest BCUT2D eigenvalue weighted by molar-refractivity contribution is 4.68. The molecular formula is C8H19NO. The molecule has 0 rings (SSSR count). The molecule has 0 unspecified atom stereocenters. The Hall–Kier alpha value is -0.0800. The van der Waals surface area contributed by atoms with E-state index < -0.39 is 0 Å². The molecule has 0 bridgehead atoms. The second-order valence-corrected chi connectivity index (χ2v) is 3.84. The van der Waals surface area contributed by atoms with Gasteiger partial charge >= 0.3 is 0 Å². The summed E-state index contributed by atoms with van der Waals surface area (Å²) in [4.78, 5) is 0. The van der Waals surface area contributed by atoms with Gasteiger partial charge in [0.25, 0.3) is 0 Å². The van der Waals surface area contributed by atoms with Gasteiger partial charge in [0.15, 0.2) is 0 Å². The lowest BCUT2D eigenvalue weighted by Crippen LogP contribution is -2.22. The number of aliphatic hydroxyl groups excluding tert-OH is 1. The summed E-state index contributed by atoms with van der Waals surface area (Å²) in [5, 5.41) is 8.87. The van der Waals surface area contributed by atoms with E-state index in [0.29, 0.717) is 0 Å². The van der Waals surface area contributed by atoms with Gasteiger partial charge in [-0.2, -0.15) is 0 Å². The van der Waals surface area contributed by atoms with Crippen molar-refractivity contribution < 1.29 is 5.11 Å². The second-order valence-electron chi connectivity index (χ2n) is 3.84. The fraction of sp³-hybridized carbons (Fsp3) is 1.00. The van der Waals surface area contributed by atoms with Crippen LogP contribution in [0.4, 0.5) is 0 Å². The van der Waals surface area contributed by atoms with Crippen molar-refractivity contribution in [2.45, 2.75) is 39.7 Å². The summed E-state index contributed by atoms with van der Waals surface area (Å²) in [6.45, 7) is 6.35. The molecule has 3 N–H and O–H groups in total. The van der Waals surface area contributed by atoms with E-state index >= 15 is 0 Å². The topological polar surface area (TPSA) is 46.2 Å². The SMILES string of the molecule is C[C@@H](N)CCC(C)(C)CO. The highest BCUT2D eigenvalue weighted by atomic mass is 16.3. The van der Waals surface area contributed by atoms with Crippen molar-refractivity contribution in [2.75, 3.05) is 6.61 Å². The molecule has 0 aliphatic carbocycles. The molecule has 10 heavy (non-hydrogen) atoms. The van der Waals surface area contributed by atoms with Gasteiger partial charge in [0, 0.05) is 12.6 Å². The smallest absolute Gasteiger partial charge is 0.0482 e. The highest BCUT2D eigenvalue weighted by Gasteiger charge is 2.16.